The van der Waals surface area contributed by atoms with Gasteiger partial charge in [-0.05, 0) is 49.7 Å². The molecule has 1 aliphatic rings. The normalized spacial score (nSPS) is 21.4. The molecule has 0 bridgehead atoms. The van der Waals surface area contributed by atoms with Crippen molar-refractivity contribution in [1.82, 2.24) is 10.2 Å². The minimum absolute atomic E-state index is 0.398. The summed E-state index contributed by atoms with van der Waals surface area (Å²) < 4.78 is 0. The third kappa shape index (κ3) is 2.72. The first-order chi connectivity index (χ1) is 9.75. The third-order valence-electron chi connectivity index (χ3n) is 4.62. The lowest BCUT2D eigenvalue weighted by Gasteiger charge is -2.23. The van der Waals surface area contributed by atoms with E-state index in [0.717, 1.165) is 6.54 Å². The quantitative estimate of drug-likeness (QED) is 0.911. The number of hydrogen-bond acceptors (Lipinski definition) is 2. The van der Waals surface area contributed by atoms with Crippen LogP contribution in [0.5, 0.6) is 0 Å². The first-order valence-electron chi connectivity index (χ1n) is 7.67. The van der Waals surface area contributed by atoms with E-state index in [1.807, 2.05) is 0 Å². The lowest BCUT2D eigenvalue weighted by molar-refractivity contribution is 0.294. The van der Waals surface area contributed by atoms with Gasteiger partial charge in [0.15, 0.2) is 0 Å². The van der Waals surface area contributed by atoms with Crippen molar-refractivity contribution in [3.05, 3.63) is 48.0 Å². The number of nitrogens with one attached hydrogen (secondary N) is 1. The molecule has 2 aromatic carbocycles. The van der Waals surface area contributed by atoms with Crippen molar-refractivity contribution in [2.24, 2.45) is 0 Å². The zero-order valence-corrected chi connectivity index (χ0v) is 12.5. The Morgan fingerprint density at radius 2 is 2.00 bits per heavy atom. The molecule has 2 nitrogen and oxygen atoms in total. The summed E-state index contributed by atoms with van der Waals surface area (Å²) in [6.45, 7) is 4.60. The predicted molar refractivity (Wildman–Crippen MR) is 86.0 cm³/mol. The molecule has 1 saturated heterocycles. The molecule has 3 rings (SSSR count). The molecule has 0 aromatic heterocycles. The Bertz CT molecular complexity index is 573. The third-order valence-corrected chi connectivity index (χ3v) is 4.62. The number of benzene rings is 2. The van der Waals surface area contributed by atoms with Crippen molar-refractivity contribution in [1.29, 1.82) is 0 Å². The SMILES string of the molecule is CC(NCC1CCCN1C)c1cccc2ccccc12. The minimum atomic E-state index is 0.398. The first-order valence-corrected chi connectivity index (χ1v) is 7.67. The number of rotatable bonds is 4. The largest absolute Gasteiger partial charge is 0.309 e. The van der Waals surface area contributed by atoms with E-state index in [1.54, 1.807) is 0 Å². The molecule has 2 atom stereocenters. The highest BCUT2D eigenvalue weighted by Crippen LogP contribution is 2.24. The zero-order valence-electron chi connectivity index (χ0n) is 12.5. The summed E-state index contributed by atoms with van der Waals surface area (Å²) in [5, 5.41) is 6.42. The molecule has 0 spiro atoms. The molecule has 0 aliphatic carbocycles. The summed E-state index contributed by atoms with van der Waals surface area (Å²) in [7, 11) is 2.24. The van der Waals surface area contributed by atoms with Crippen molar-refractivity contribution in [2.45, 2.75) is 31.8 Å². The molecule has 1 heterocycles. The summed E-state index contributed by atoms with van der Waals surface area (Å²) in [6, 6.07) is 16.4. The summed E-state index contributed by atoms with van der Waals surface area (Å²) in [5.41, 5.74) is 1.41. The fraction of sp³-hybridized carbons (Fsp3) is 0.444. The molecule has 2 heteroatoms. The van der Waals surface area contributed by atoms with Gasteiger partial charge in [0, 0.05) is 18.6 Å². The average Bonchev–Trinajstić information content (AvgIpc) is 2.89. The van der Waals surface area contributed by atoms with Crippen LogP contribution < -0.4 is 5.32 Å². The van der Waals surface area contributed by atoms with Crippen molar-refractivity contribution in [3.8, 4) is 0 Å². The Morgan fingerprint density at radius 3 is 2.80 bits per heavy atom. The fourth-order valence-corrected chi connectivity index (χ4v) is 3.29. The van der Waals surface area contributed by atoms with E-state index in [9.17, 15) is 0 Å². The highest BCUT2D eigenvalue weighted by Gasteiger charge is 2.21. The van der Waals surface area contributed by atoms with Crippen molar-refractivity contribution in [2.75, 3.05) is 20.1 Å². The van der Waals surface area contributed by atoms with E-state index in [0.29, 0.717) is 12.1 Å². The molecule has 0 radical (unpaired) electrons. The topological polar surface area (TPSA) is 15.3 Å². The van der Waals surface area contributed by atoms with Crippen molar-refractivity contribution in [3.63, 3.8) is 0 Å². The van der Waals surface area contributed by atoms with Gasteiger partial charge in [0.2, 0.25) is 0 Å². The monoisotopic (exact) mass is 268 g/mol. The van der Waals surface area contributed by atoms with Gasteiger partial charge >= 0.3 is 0 Å². The molecule has 2 unspecified atom stereocenters. The van der Waals surface area contributed by atoms with Gasteiger partial charge in [-0.25, -0.2) is 0 Å². The maximum Gasteiger partial charge on any atom is 0.0298 e. The van der Waals surface area contributed by atoms with Gasteiger partial charge in [-0.15, -0.1) is 0 Å². The molecule has 0 saturated carbocycles. The van der Waals surface area contributed by atoms with Gasteiger partial charge in [0.1, 0.15) is 0 Å². The smallest absolute Gasteiger partial charge is 0.0298 e. The maximum atomic E-state index is 3.72. The van der Waals surface area contributed by atoms with Gasteiger partial charge in [-0.2, -0.15) is 0 Å². The molecule has 2 aromatic rings. The summed E-state index contributed by atoms with van der Waals surface area (Å²) >= 11 is 0. The Hall–Kier alpha value is -1.38. The second-order valence-corrected chi connectivity index (χ2v) is 5.97. The van der Waals surface area contributed by atoms with Crippen LogP contribution >= 0.6 is 0 Å². The summed E-state index contributed by atoms with van der Waals surface area (Å²) in [4.78, 5) is 2.48. The lowest BCUT2D eigenvalue weighted by Crippen LogP contribution is -2.36. The molecule has 1 N–H and O–H groups in total. The predicted octanol–water partition coefficient (Wildman–Crippen LogP) is 3.58. The Morgan fingerprint density at radius 1 is 1.20 bits per heavy atom. The van der Waals surface area contributed by atoms with Crippen LogP contribution in [0.4, 0.5) is 0 Å². The van der Waals surface area contributed by atoms with E-state index in [2.05, 4.69) is 66.7 Å². The zero-order chi connectivity index (χ0) is 13.9. The number of fused-ring (bicyclic) bond motifs is 1. The highest BCUT2D eigenvalue weighted by atomic mass is 15.2. The summed E-state index contributed by atoms with van der Waals surface area (Å²) in [6.07, 6.45) is 2.66. The van der Waals surface area contributed by atoms with Gasteiger partial charge in [-0.3, -0.25) is 0 Å². The van der Waals surface area contributed by atoms with E-state index in [1.165, 1.54) is 35.7 Å². The Kier molecular flexibility index (Phi) is 4.04. The van der Waals surface area contributed by atoms with E-state index in [4.69, 9.17) is 0 Å². The highest BCUT2D eigenvalue weighted by molar-refractivity contribution is 5.86. The van der Waals surface area contributed by atoms with Gasteiger partial charge < -0.3 is 10.2 Å². The maximum absolute atomic E-state index is 3.72. The minimum Gasteiger partial charge on any atom is -0.309 e. The standard InChI is InChI=1S/C18H24N2/c1-14(19-13-16-9-6-12-20(16)2)17-11-5-8-15-7-3-4-10-18(15)17/h3-5,7-8,10-11,14,16,19H,6,9,12-13H2,1-2H3. The van der Waals surface area contributed by atoms with Crippen LogP contribution in [0.3, 0.4) is 0 Å². The van der Waals surface area contributed by atoms with Crippen LogP contribution in [0, 0.1) is 0 Å². The Balaban J connectivity index is 1.73. The number of likely N-dealkylation sites (N-methyl/N-ethyl adjacent to an activating group) is 1. The number of nitrogens with zero attached hydrogens (tertiary/aromatic N) is 1. The first kappa shape index (κ1) is 13.6. The second-order valence-electron chi connectivity index (χ2n) is 5.97. The van der Waals surface area contributed by atoms with E-state index >= 15 is 0 Å². The van der Waals surface area contributed by atoms with Crippen LogP contribution in [-0.4, -0.2) is 31.1 Å². The van der Waals surface area contributed by atoms with Crippen molar-refractivity contribution < 1.29 is 0 Å². The molecular weight excluding hydrogens is 244 g/mol. The average molecular weight is 268 g/mol. The fourth-order valence-electron chi connectivity index (χ4n) is 3.29. The van der Waals surface area contributed by atoms with Gasteiger partial charge in [-0.1, -0.05) is 42.5 Å². The number of hydrogen-bond donors (Lipinski definition) is 1. The molecular formula is C18H24N2. The molecule has 0 amide bonds. The summed E-state index contributed by atoms with van der Waals surface area (Å²) in [5.74, 6) is 0. The van der Waals surface area contributed by atoms with Crippen LogP contribution in [0.2, 0.25) is 0 Å². The van der Waals surface area contributed by atoms with Crippen LogP contribution in [0.15, 0.2) is 42.5 Å². The molecule has 1 fully saturated rings. The van der Waals surface area contributed by atoms with E-state index < -0.39 is 0 Å². The Labute approximate surface area is 121 Å². The van der Waals surface area contributed by atoms with Gasteiger partial charge in [0.05, 0.1) is 0 Å². The van der Waals surface area contributed by atoms with Crippen molar-refractivity contribution >= 4 is 10.8 Å². The van der Waals surface area contributed by atoms with Crippen LogP contribution in [0.1, 0.15) is 31.4 Å². The molecule has 106 valence electrons. The van der Waals surface area contributed by atoms with Crippen LogP contribution in [0.25, 0.3) is 10.8 Å². The second kappa shape index (κ2) is 5.94. The van der Waals surface area contributed by atoms with E-state index in [-0.39, 0.29) is 0 Å². The molecule has 1 aliphatic heterocycles. The van der Waals surface area contributed by atoms with Gasteiger partial charge in [0.25, 0.3) is 0 Å². The molecule has 20 heavy (non-hydrogen) atoms. The van der Waals surface area contributed by atoms with Crippen LogP contribution in [-0.2, 0) is 0 Å². The number of likely N-dealkylation sites (tertiary alicyclic amines) is 1. The lowest BCUT2D eigenvalue weighted by atomic mass is 9.99.